The summed E-state index contributed by atoms with van der Waals surface area (Å²) in [5.41, 5.74) is 15.7. The molecule has 19 heteroatoms. The van der Waals surface area contributed by atoms with Gasteiger partial charge in [0, 0.05) is 32.9 Å². The molecule has 2 aliphatic heterocycles. The molecular weight excluding hydrogens is 600 g/mol. The maximum atomic E-state index is 12.9. The van der Waals surface area contributed by atoms with Crippen LogP contribution in [0.15, 0.2) is 0 Å². The Bertz CT molecular complexity index is 1140. The Morgan fingerprint density at radius 2 is 1.18 bits per heavy atom. The molecule has 11 N–H and O–H groups in total. The first-order valence-electron chi connectivity index (χ1n) is 14.2. The van der Waals surface area contributed by atoms with Crippen molar-refractivity contribution in [3.63, 3.8) is 0 Å². The van der Waals surface area contributed by atoms with Crippen LogP contribution < -0.4 is 33.2 Å². The van der Waals surface area contributed by atoms with Crippen LogP contribution in [0.3, 0.4) is 0 Å². The first-order chi connectivity index (χ1) is 21.1. The molecule has 252 valence electrons. The molecule has 0 saturated carbocycles. The predicted octanol–water partition coefficient (Wildman–Crippen LogP) is -4.28. The minimum Gasteiger partial charge on any atom is -0.481 e. The second-order valence-corrected chi connectivity index (χ2v) is 10.4. The van der Waals surface area contributed by atoms with E-state index < -0.39 is 84.0 Å². The molecular formula is C26H42N8O11. The molecule has 0 aliphatic carbocycles. The Morgan fingerprint density at radius 1 is 0.756 bits per heavy atom. The van der Waals surface area contributed by atoms with E-state index in [4.69, 9.17) is 27.1 Å². The van der Waals surface area contributed by atoms with Gasteiger partial charge in [0.15, 0.2) is 0 Å². The van der Waals surface area contributed by atoms with E-state index in [1.165, 1.54) is 9.80 Å². The van der Waals surface area contributed by atoms with Crippen LogP contribution in [0.1, 0.15) is 58.3 Å². The monoisotopic (exact) mass is 642 g/mol. The average molecular weight is 643 g/mol. The van der Waals surface area contributed by atoms with E-state index in [-0.39, 0.29) is 45.2 Å². The molecule has 2 heterocycles. The van der Waals surface area contributed by atoms with E-state index in [2.05, 4.69) is 16.0 Å². The number of rotatable bonds is 15. The van der Waals surface area contributed by atoms with Gasteiger partial charge < -0.3 is 53.2 Å². The number of primary amides is 2. The number of carboxylic acid groups (broad SMARTS) is 2. The maximum absolute atomic E-state index is 12.9. The van der Waals surface area contributed by atoms with Crippen molar-refractivity contribution in [2.45, 2.75) is 82.5 Å². The number of likely N-dealkylation sites (tertiary alicyclic amines) is 2. The third-order valence-electron chi connectivity index (χ3n) is 6.95. The summed E-state index contributed by atoms with van der Waals surface area (Å²) in [7, 11) is 0. The van der Waals surface area contributed by atoms with E-state index in [0.717, 1.165) is 6.92 Å². The minimum absolute atomic E-state index is 0.157. The number of amides is 7. The third-order valence-corrected chi connectivity index (χ3v) is 6.95. The fourth-order valence-corrected chi connectivity index (χ4v) is 4.82. The van der Waals surface area contributed by atoms with Gasteiger partial charge in [-0.2, -0.15) is 0 Å². The highest BCUT2D eigenvalue weighted by Crippen LogP contribution is 2.19. The molecule has 0 radical (unpaired) electrons. The summed E-state index contributed by atoms with van der Waals surface area (Å²) in [6.45, 7) is 0.776. The summed E-state index contributed by atoms with van der Waals surface area (Å²) < 4.78 is 0. The number of nitrogens with zero attached hydrogens (tertiary/aromatic N) is 2. The average Bonchev–Trinajstić information content (AvgIpc) is 3.65. The number of nitrogens with two attached hydrogens (primary N) is 3. The first-order valence-corrected chi connectivity index (χ1v) is 14.2. The standard InChI is InChI=1S/C24H38N8O9.C2H4O2/c25-11-19(35)31-9-1-3-15(31)22(38)29-13(5-7-17(26)33)21(37)28-12-20(36)32-10-2-4-16(32)23(39)30-14(24(40)41)6-8-18(27)34;1-2(3)4/h13-16H,1-12,25H2,(H2,26,33)(H2,27,34)(H,28,37)(H,29,38)(H,30,39)(H,40,41);1H3,(H,3,4). The molecule has 0 bridgehead atoms. The molecule has 2 saturated heterocycles. The van der Waals surface area contributed by atoms with Gasteiger partial charge in [-0.1, -0.05) is 0 Å². The second kappa shape index (κ2) is 18.8. The van der Waals surface area contributed by atoms with Crippen LogP contribution >= 0.6 is 0 Å². The third kappa shape index (κ3) is 13.2. The van der Waals surface area contributed by atoms with Gasteiger partial charge in [0.05, 0.1) is 13.1 Å². The molecule has 0 aromatic heterocycles. The molecule has 4 atom stereocenters. The Hall–Kier alpha value is -4.81. The van der Waals surface area contributed by atoms with Gasteiger partial charge in [0.25, 0.3) is 5.97 Å². The summed E-state index contributed by atoms with van der Waals surface area (Å²) in [4.78, 5) is 109. The van der Waals surface area contributed by atoms with Crippen molar-refractivity contribution in [3.05, 3.63) is 0 Å². The van der Waals surface area contributed by atoms with Crippen molar-refractivity contribution < 1.29 is 53.4 Å². The number of hydrogen-bond donors (Lipinski definition) is 8. The molecule has 4 unspecified atom stereocenters. The van der Waals surface area contributed by atoms with Crippen molar-refractivity contribution in [1.29, 1.82) is 0 Å². The maximum Gasteiger partial charge on any atom is 0.326 e. The zero-order valence-corrected chi connectivity index (χ0v) is 25.0. The van der Waals surface area contributed by atoms with Crippen LogP contribution in [-0.4, -0.2) is 124 Å². The zero-order chi connectivity index (χ0) is 34.3. The SMILES string of the molecule is CC(=O)O.NCC(=O)N1CCCC1C(=O)NC(CCC(N)=O)C(=O)NCC(=O)N1CCCC1C(=O)NC(CCC(N)=O)C(=O)O. The number of carbonyl (C=O) groups is 9. The van der Waals surface area contributed by atoms with Gasteiger partial charge in [-0.25, -0.2) is 4.79 Å². The summed E-state index contributed by atoms with van der Waals surface area (Å²) in [5, 5.41) is 24.0. The second-order valence-electron chi connectivity index (χ2n) is 10.4. The Morgan fingerprint density at radius 3 is 1.60 bits per heavy atom. The minimum atomic E-state index is -1.38. The zero-order valence-electron chi connectivity index (χ0n) is 25.0. The van der Waals surface area contributed by atoms with Crippen LogP contribution in [0, 0.1) is 0 Å². The van der Waals surface area contributed by atoms with E-state index in [1.807, 2.05) is 0 Å². The summed E-state index contributed by atoms with van der Waals surface area (Å²) in [6, 6.07) is -4.44. The summed E-state index contributed by atoms with van der Waals surface area (Å²) in [5.74, 6) is -6.79. The van der Waals surface area contributed by atoms with Crippen molar-refractivity contribution in [2.24, 2.45) is 17.2 Å². The molecule has 0 aromatic carbocycles. The topological polar surface area (TPSA) is 315 Å². The van der Waals surface area contributed by atoms with Crippen molar-refractivity contribution in [3.8, 4) is 0 Å². The lowest BCUT2D eigenvalue weighted by Crippen LogP contribution is -2.55. The number of hydrogen-bond acceptors (Lipinski definition) is 10. The lowest BCUT2D eigenvalue weighted by molar-refractivity contribution is -0.144. The summed E-state index contributed by atoms with van der Waals surface area (Å²) >= 11 is 0. The lowest BCUT2D eigenvalue weighted by atomic mass is 10.1. The van der Waals surface area contributed by atoms with Gasteiger partial charge in [0.1, 0.15) is 24.2 Å². The number of nitrogens with one attached hydrogen (secondary N) is 3. The predicted molar refractivity (Wildman–Crippen MR) is 153 cm³/mol. The smallest absolute Gasteiger partial charge is 0.326 e. The highest BCUT2D eigenvalue weighted by molar-refractivity contribution is 5.95. The summed E-state index contributed by atoms with van der Waals surface area (Å²) in [6.07, 6.45) is 0.768. The lowest BCUT2D eigenvalue weighted by Gasteiger charge is -2.27. The van der Waals surface area contributed by atoms with Crippen LogP contribution in [0.5, 0.6) is 0 Å². The number of carbonyl (C=O) groups excluding carboxylic acids is 7. The van der Waals surface area contributed by atoms with Crippen LogP contribution in [0.25, 0.3) is 0 Å². The number of carboxylic acids is 2. The molecule has 2 aliphatic rings. The number of aliphatic carboxylic acids is 2. The van der Waals surface area contributed by atoms with Gasteiger partial charge >= 0.3 is 5.97 Å². The quantitative estimate of drug-likeness (QED) is 0.0841. The van der Waals surface area contributed by atoms with E-state index in [0.29, 0.717) is 25.8 Å². The van der Waals surface area contributed by atoms with Gasteiger partial charge in [-0.3, -0.25) is 38.4 Å². The molecule has 7 amide bonds. The fourth-order valence-electron chi connectivity index (χ4n) is 4.82. The molecule has 2 rings (SSSR count). The van der Waals surface area contributed by atoms with Gasteiger partial charge in [0.2, 0.25) is 41.4 Å². The van der Waals surface area contributed by atoms with Crippen LogP contribution in [0.4, 0.5) is 0 Å². The highest BCUT2D eigenvalue weighted by Gasteiger charge is 2.37. The Kier molecular flexibility index (Phi) is 15.9. The molecule has 19 nitrogen and oxygen atoms in total. The Balaban J connectivity index is 0.00000238. The molecule has 2 fully saturated rings. The fraction of sp³-hybridized carbons (Fsp3) is 0.654. The largest absolute Gasteiger partial charge is 0.481 e. The molecule has 0 aromatic rings. The van der Waals surface area contributed by atoms with E-state index in [1.54, 1.807) is 0 Å². The first kappa shape index (κ1) is 38.2. The van der Waals surface area contributed by atoms with Gasteiger partial charge in [-0.05, 0) is 38.5 Å². The van der Waals surface area contributed by atoms with Crippen LogP contribution in [0.2, 0.25) is 0 Å². The molecule has 0 spiro atoms. The molecule has 45 heavy (non-hydrogen) atoms. The van der Waals surface area contributed by atoms with Crippen LogP contribution in [-0.2, 0) is 43.2 Å². The van der Waals surface area contributed by atoms with E-state index in [9.17, 15) is 43.5 Å². The van der Waals surface area contributed by atoms with Gasteiger partial charge in [-0.15, -0.1) is 0 Å². The highest BCUT2D eigenvalue weighted by atomic mass is 16.4. The van der Waals surface area contributed by atoms with E-state index >= 15 is 0 Å². The Labute approximate surface area is 258 Å². The normalized spacial score (nSPS) is 18.4. The van der Waals surface area contributed by atoms with Crippen molar-refractivity contribution in [2.75, 3.05) is 26.2 Å². The van der Waals surface area contributed by atoms with Crippen molar-refractivity contribution in [1.82, 2.24) is 25.8 Å². The van der Waals surface area contributed by atoms with Crippen molar-refractivity contribution >= 4 is 53.3 Å².